The highest BCUT2D eigenvalue weighted by molar-refractivity contribution is 5.83. The Kier molecular flexibility index (Phi) is 16.6. The summed E-state index contributed by atoms with van der Waals surface area (Å²) >= 11 is 0. The van der Waals surface area contributed by atoms with Crippen molar-refractivity contribution in [2.75, 3.05) is 19.8 Å². The number of carbonyl (C=O) groups is 2. The average molecular weight is 513 g/mol. The molecule has 0 heterocycles. The van der Waals surface area contributed by atoms with Gasteiger partial charge in [-0.2, -0.15) is 0 Å². The van der Waals surface area contributed by atoms with Crippen LogP contribution in [0.3, 0.4) is 0 Å². The van der Waals surface area contributed by atoms with Crippen LogP contribution >= 0.6 is 0 Å². The number of ether oxygens (including phenoxy) is 3. The molecular formula is C32H48O5. The van der Waals surface area contributed by atoms with E-state index in [2.05, 4.69) is 37.3 Å². The topological polar surface area (TPSA) is 61.8 Å². The highest BCUT2D eigenvalue weighted by Gasteiger charge is 2.04. The monoisotopic (exact) mass is 512 g/mol. The van der Waals surface area contributed by atoms with Crippen LogP contribution in [0.15, 0.2) is 36.4 Å². The maximum absolute atomic E-state index is 12.2. The zero-order valence-electron chi connectivity index (χ0n) is 23.2. The van der Waals surface area contributed by atoms with Crippen molar-refractivity contribution in [1.29, 1.82) is 0 Å². The molecule has 206 valence electrons. The first-order valence-corrected chi connectivity index (χ1v) is 14.4. The van der Waals surface area contributed by atoms with Gasteiger partial charge in [0.1, 0.15) is 12.4 Å². The van der Waals surface area contributed by atoms with Crippen molar-refractivity contribution < 1.29 is 23.8 Å². The van der Waals surface area contributed by atoms with E-state index in [1.165, 1.54) is 71.1 Å². The van der Waals surface area contributed by atoms with Gasteiger partial charge in [0.25, 0.3) is 0 Å². The Morgan fingerprint density at radius 2 is 1.14 bits per heavy atom. The number of ketones is 1. The SMILES string of the molecule is CCCCCCCCCCCCCC(=O)CCOCc1ccc2cc(COCCOC(C)=O)ccc2c1. The maximum Gasteiger partial charge on any atom is 0.302 e. The van der Waals surface area contributed by atoms with Gasteiger partial charge in [0.05, 0.1) is 26.4 Å². The summed E-state index contributed by atoms with van der Waals surface area (Å²) in [6, 6.07) is 12.5. The minimum atomic E-state index is -0.291. The smallest absolute Gasteiger partial charge is 0.302 e. The van der Waals surface area contributed by atoms with E-state index in [0.29, 0.717) is 45.1 Å². The van der Waals surface area contributed by atoms with Crippen LogP contribution in [0, 0.1) is 0 Å². The number of hydrogen-bond donors (Lipinski definition) is 0. The van der Waals surface area contributed by atoms with Crippen LogP contribution in [0.1, 0.15) is 108 Å². The lowest BCUT2D eigenvalue weighted by Gasteiger charge is -2.08. The third kappa shape index (κ3) is 14.9. The van der Waals surface area contributed by atoms with Gasteiger partial charge in [-0.1, -0.05) is 95.4 Å². The van der Waals surface area contributed by atoms with Crippen LogP contribution in [-0.4, -0.2) is 31.6 Å². The lowest BCUT2D eigenvalue weighted by atomic mass is 10.0. The van der Waals surface area contributed by atoms with E-state index in [1.807, 2.05) is 6.07 Å². The Bertz CT molecular complexity index is 907. The minimum absolute atomic E-state index is 0.275. The predicted molar refractivity (Wildman–Crippen MR) is 151 cm³/mol. The van der Waals surface area contributed by atoms with Crippen LogP contribution in [0.4, 0.5) is 0 Å². The highest BCUT2D eigenvalue weighted by atomic mass is 16.6. The second-order valence-corrected chi connectivity index (χ2v) is 10.0. The third-order valence-electron chi connectivity index (χ3n) is 6.62. The highest BCUT2D eigenvalue weighted by Crippen LogP contribution is 2.19. The molecule has 0 atom stereocenters. The quantitative estimate of drug-likeness (QED) is 0.118. The fraction of sp³-hybridized carbons (Fsp3) is 0.625. The molecule has 0 saturated carbocycles. The van der Waals surface area contributed by atoms with Gasteiger partial charge in [-0.25, -0.2) is 0 Å². The molecule has 2 rings (SSSR count). The van der Waals surface area contributed by atoms with Gasteiger partial charge in [0, 0.05) is 19.8 Å². The Morgan fingerprint density at radius 3 is 1.68 bits per heavy atom. The van der Waals surface area contributed by atoms with E-state index >= 15 is 0 Å². The lowest BCUT2D eigenvalue weighted by molar-refractivity contribution is -0.142. The van der Waals surface area contributed by atoms with Crippen molar-refractivity contribution in [3.63, 3.8) is 0 Å². The number of unbranched alkanes of at least 4 members (excludes halogenated alkanes) is 10. The largest absolute Gasteiger partial charge is 0.463 e. The van der Waals surface area contributed by atoms with Crippen LogP contribution in [0.5, 0.6) is 0 Å². The molecule has 0 spiro atoms. The van der Waals surface area contributed by atoms with E-state index in [-0.39, 0.29) is 12.6 Å². The number of esters is 1. The van der Waals surface area contributed by atoms with Crippen molar-refractivity contribution in [2.24, 2.45) is 0 Å². The minimum Gasteiger partial charge on any atom is -0.463 e. The van der Waals surface area contributed by atoms with Gasteiger partial charge in [0.15, 0.2) is 0 Å². The van der Waals surface area contributed by atoms with Crippen molar-refractivity contribution in [2.45, 2.75) is 111 Å². The molecule has 0 aliphatic heterocycles. The summed E-state index contributed by atoms with van der Waals surface area (Å²) in [4.78, 5) is 22.9. The molecule has 0 bridgehead atoms. The molecule has 0 unspecified atom stereocenters. The normalized spacial score (nSPS) is 11.2. The molecule has 0 N–H and O–H groups in total. The molecule has 5 heteroatoms. The summed E-state index contributed by atoms with van der Waals surface area (Å²) in [6.07, 6.45) is 15.5. The Hall–Kier alpha value is -2.24. The van der Waals surface area contributed by atoms with Crippen LogP contribution < -0.4 is 0 Å². The van der Waals surface area contributed by atoms with E-state index in [9.17, 15) is 9.59 Å². The second-order valence-electron chi connectivity index (χ2n) is 10.0. The molecule has 0 saturated heterocycles. The van der Waals surface area contributed by atoms with E-state index in [4.69, 9.17) is 14.2 Å². The Labute approximate surface area is 224 Å². The summed E-state index contributed by atoms with van der Waals surface area (Å²) in [7, 11) is 0. The standard InChI is InChI=1S/C32H48O5/c1-3-4-5-6-7-8-9-10-11-12-13-14-32(34)19-20-35-25-28-15-17-31-24-29(16-18-30(31)23-28)26-36-21-22-37-27(2)33/h15-18,23-24H,3-14,19-22,25-26H2,1-2H3. The maximum atomic E-state index is 12.2. The number of Topliss-reactive ketones (excluding diaryl/α,β-unsaturated/α-hetero) is 1. The Balaban J connectivity index is 1.52. The van der Waals surface area contributed by atoms with E-state index in [0.717, 1.165) is 28.3 Å². The van der Waals surface area contributed by atoms with E-state index < -0.39 is 0 Å². The summed E-state index contributed by atoms with van der Waals surface area (Å²) in [5.74, 6) is 0.0253. The first-order chi connectivity index (χ1) is 18.1. The van der Waals surface area contributed by atoms with Crippen molar-refractivity contribution in [1.82, 2.24) is 0 Å². The predicted octanol–water partition coefficient (Wildman–Crippen LogP) is 8.10. The molecule has 2 aromatic rings. The summed E-state index contributed by atoms with van der Waals surface area (Å²) < 4.78 is 16.2. The number of hydrogen-bond acceptors (Lipinski definition) is 5. The van der Waals surface area contributed by atoms with Gasteiger partial charge in [0.2, 0.25) is 0 Å². The summed E-state index contributed by atoms with van der Waals surface area (Å²) in [6.45, 7) is 5.80. The molecular weight excluding hydrogens is 464 g/mol. The Morgan fingerprint density at radius 1 is 0.622 bits per heavy atom. The first kappa shape index (κ1) is 31.0. The molecule has 0 aliphatic carbocycles. The molecule has 0 amide bonds. The third-order valence-corrected chi connectivity index (χ3v) is 6.62. The van der Waals surface area contributed by atoms with Crippen LogP contribution in [-0.2, 0) is 37.0 Å². The molecule has 5 nitrogen and oxygen atoms in total. The summed E-state index contributed by atoms with van der Waals surface area (Å²) in [5, 5.41) is 2.30. The van der Waals surface area contributed by atoms with Crippen LogP contribution in [0.25, 0.3) is 10.8 Å². The molecule has 0 fully saturated rings. The van der Waals surface area contributed by atoms with Crippen molar-refractivity contribution in [3.05, 3.63) is 47.5 Å². The number of benzene rings is 2. The van der Waals surface area contributed by atoms with Gasteiger partial charge in [-0.15, -0.1) is 0 Å². The van der Waals surface area contributed by atoms with Crippen molar-refractivity contribution in [3.8, 4) is 0 Å². The zero-order valence-corrected chi connectivity index (χ0v) is 23.2. The number of carbonyl (C=O) groups excluding carboxylic acids is 2. The fourth-order valence-corrected chi connectivity index (χ4v) is 4.45. The summed E-state index contributed by atoms with van der Waals surface area (Å²) in [5.41, 5.74) is 2.19. The van der Waals surface area contributed by atoms with Gasteiger partial charge in [-0.3, -0.25) is 9.59 Å². The molecule has 0 aliphatic rings. The molecule has 0 aromatic heterocycles. The van der Waals surface area contributed by atoms with Gasteiger partial charge < -0.3 is 14.2 Å². The second kappa shape index (κ2) is 19.8. The molecule has 37 heavy (non-hydrogen) atoms. The first-order valence-electron chi connectivity index (χ1n) is 14.4. The van der Waals surface area contributed by atoms with Gasteiger partial charge in [-0.05, 0) is 40.5 Å². The molecule has 2 aromatic carbocycles. The zero-order chi connectivity index (χ0) is 26.6. The van der Waals surface area contributed by atoms with Gasteiger partial charge >= 0.3 is 5.97 Å². The number of rotatable bonds is 22. The lowest BCUT2D eigenvalue weighted by Crippen LogP contribution is -2.07. The fourth-order valence-electron chi connectivity index (χ4n) is 4.45. The average Bonchev–Trinajstić information content (AvgIpc) is 2.89. The molecule has 0 radical (unpaired) electrons. The van der Waals surface area contributed by atoms with Crippen LogP contribution in [0.2, 0.25) is 0 Å². The van der Waals surface area contributed by atoms with E-state index in [1.54, 1.807) is 0 Å². The van der Waals surface area contributed by atoms with Crippen molar-refractivity contribution >= 4 is 22.5 Å². The number of fused-ring (bicyclic) bond motifs is 1.